The highest BCUT2D eigenvalue weighted by atomic mass is 16.5. The van der Waals surface area contributed by atoms with Gasteiger partial charge < -0.3 is 15.2 Å². The average molecular weight is 257 g/mol. The lowest BCUT2D eigenvalue weighted by Gasteiger charge is -2.35. The highest BCUT2D eigenvalue weighted by Gasteiger charge is 2.30. The van der Waals surface area contributed by atoms with E-state index in [-0.39, 0.29) is 37.3 Å². The fourth-order valence-electron chi connectivity index (χ4n) is 2.36. The SMILES string of the molecule is CC1CN(CC(=O)N2CCNC2=O)CC(CO)O1. The van der Waals surface area contributed by atoms with E-state index < -0.39 is 0 Å². The second-order valence-corrected chi connectivity index (χ2v) is 4.72. The molecule has 102 valence electrons. The largest absolute Gasteiger partial charge is 0.394 e. The second-order valence-electron chi connectivity index (χ2n) is 4.72. The standard InChI is InChI=1S/C11H19N3O4/c1-8-4-13(5-9(7-15)18-8)6-10(16)14-3-2-12-11(14)17/h8-9,15H,2-7H2,1H3,(H,12,17). The highest BCUT2D eigenvalue weighted by Crippen LogP contribution is 2.11. The molecule has 0 aromatic rings. The third-order valence-electron chi connectivity index (χ3n) is 3.12. The molecule has 2 heterocycles. The molecule has 0 bridgehead atoms. The number of morpholine rings is 1. The van der Waals surface area contributed by atoms with E-state index in [1.807, 2.05) is 11.8 Å². The quantitative estimate of drug-likeness (QED) is 0.651. The molecule has 2 saturated heterocycles. The van der Waals surface area contributed by atoms with Crippen LogP contribution in [0.25, 0.3) is 0 Å². The van der Waals surface area contributed by atoms with Gasteiger partial charge in [0.15, 0.2) is 0 Å². The van der Waals surface area contributed by atoms with Crippen LogP contribution in [-0.2, 0) is 9.53 Å². The summed E-state index contributed by atoms with van der Waals surface area (Å²) in [6, 6.07) is -0.319. The highest BCUT2D eigenvalue weighted by molar-refractivity contribution is 5.96. The van der Waals surface area contributed by atoms with Crippen LogP contribution in [0.1, 0.15) is 6.92 Å². The molecule has 0 spiro atoms. The van der Waals surface area contributed by atoms with Gasteiger partial charge in [0.05, 0.1) is 25.4 Å². The number of hydrogen-bond donors (Lipinski definition) is 2. The summed E-state index contributed by atoms with van der Waals surface area (Å²) in [4.78, 5) is 26.4. The number of carbonyl (C=O) groups is 2. The Hall–Kier alpha value is -1.18. The smallest absolute Gasteiger partial charge is 0.324 e. The molecular weight excluding hydrogens is 238 g/mol. The molecule has 2 aliphatic rings. The van der Waals surface area contributed by atoms with Gasteiger partial charge in [-0.05, 0) is 6.92 Å². The van der Waals surface area contributed by atoms with Crippen molar-refractivity contribution in [1.29, 1.82) is 0 Å². The number of ether oxygens (including phenoxy) is 1. The van der Waals surface area contributed by atoms with E-state index in [9.17, 15) is 9.59 Å². The molecule has 3 amide bonds. The molecule has 2 aliphatic heterocycles. The molecule has 0 radical (unpaired) electrons. The molecule has 2 fully saturated rings. The summed E-state index contributed by atoms with van der Waals surface area (Å²) in [7, 11) is 0. The van der Waals surface area contributed by atoms with Gasteiger partial charge in [-0.15, -0.1) is 0 Å². The van der Waals surface area contributed by atoms with Crippen LogP contribution in [0, 0.1) is 0 Å². The van der Waals surface area contributed by atoms with Crippen LogP contribution in [0.4, 0.5) is 4.79 Å². The lowest BCUT2D eigenvalue weighted by molar-refractivity contribution is -0.134. The summed E-state index contributed by atoms with van der Waals surface area (Å²) >= 11 is 0. The van der Waals surface area contributed by atoms with Crippen molar-refractivity contribution in [1.82, 2.24) is 15.1 Å². The Morgan fingerprint density at radius 1 is 1.56 bits per heavy atom. The summed E-state index contributed by atoms with van der Waals surface area (Å²) < 4.78 is 5.50. The lowest BCUT2D eigenvalue weighted by atomic mass is 10.2. The molecule has 2 rings (SSSR count). The van der Waals surface area contributed by atoms with Crippen molar-refractivity contribution in [3.05, 3.63) is 0 Å². The Labute approximate surface area is 106 Å². The molecule has 2 N–H and O–H groups in total. The number of aliphatic hydroxyl groups is 1. The van der Waals surface area contributed by atoms with Gasteiger partial charge in [0.25, 0.3) is 0 Å². The van der Waals surface area contributed by atoms with Crippen molar-refractivity contribution < 1.29 is 19.4 Å². The van der Waals surface area contributed by atoms with E-state index in [0.717, 1.165) is 0 Å². The summed E-state index contributed by atoms with van der Waals surface area (Å²) in [5.74, 6) is -0.198. The van der Waals surface area contributed by atoms with Crippen molar-refractivity contribution in [2.75, 3.05) is 39.3 Å². The zero-order valence-corrected chi connectivity index (χ0v) is 10.5. The monoisotopic (exact) mass is 257 g/mol. The summed E-state index contributed by atoms with van der Waals surface area (Å²) in [6.07, 6.45) is -0.273. The van der Waals surface area contributed by atoms with Crippen LogP contribution in [-0.4, -0.2) is 78.4 Å². The van der Waals surface area contributed by atoms with Crippen molar-refractivity contribution in [2.24, 2.45) is 0 Å². The fraction of sp³-hybridized carbons (Fsp3) is 0.818. The Morgan fingerprint density at radius 3 is 2.94 bits per heavy atom. The molecule has 2 atom stereocenters. The van der Waals surface area contributed by atoms with E-state index in [0.29, 0.717) is 26.2 Å². The van der Waals surface area contributed by atoms with E-state index in [2.05, 4.69) is 5.32 Å². The third kappa shape index (κ3) is 2.98. The maximum absolute atomic E-state index is 11.9. The van der Waals surface area contributed by atoms with Gasteiger partial charge in [-0.1, -0.05) is 0 Å². The minimum atomic E-state index is -0.319. The first-order chi connectivity index (χ1) is 8.60. The predicted molar refractivity (Wildman–Crippen MR) is 63.0 cm³/mol. The summed E-state index contributed by atoms with van der Waals surface area (Å²) in [6.45, 7) is 4.14. The zero-order valence-electron chi connectivity index (χ0n) is 10.5. The number of urea groups is 1. The number of rotatable bonds is 3. The van der Waals surface area contributed by atoms with Gasteiger partial charge in [-0.3, -0.25) is 14.6 Å². The predicted octanol–water partition coefficient (Wildman–Crippen LogP) is -1.38. The van der Waals surface area contributed by atoms with Crippen LogP contribution in [0.15, 0.2) is 0 Å². The van der Waals surface area contributed by atoms with Crippen LogP contribution >= 0.6 is 0 Å². The number of nitrogens with zero attached hydrogens (tertiary/aromatic N) is 2. The molecule has 7 nitrogen and oxygen atoms in total. The Morgan fingerprint density at radius 2 is 2.33 bits per heavy atom. The number of hydrogen-bond acceptors (Lipinski definition) is 5. The van der Waals surface area contributed by atoms with Crippen LogP contribution in [0.3, 0.4) is 0 Å². The van der Waals surface area contributed by atoms with Gasteiger partial charge in [0, 0.05) is 26.2 Å². The fourth-order valence-corrected chi connectivity index (χ4v) is 2.36. The van der Waals surface area contributed by atoms with Crippen LogP contribution in [0.2, 0.25) is 0 Å². The Bertz CT molecular complexity index is 336. The summed E-state index contributed by atoms with van der Waals surface area (Å²) in [5.41, 5.74) is 0. The number of imide groups is 1. The second kappa shape index (κ2) is 5.64. The minimum absolute atomic E-state index is 0.0175. The number of nitrogens with one attached hydrogen (secondary N) is 1. The zero-order chi connectivity index (χ0) is 13.1. The number of amides is 3. The van der Waals surface area contributed by atoms with E-state index >= 15 is 0 Å². The molecule has 2 unspecified atom stereocenters. The molecule has 0 aromatic heterocycles. The topological polar surface area (TPSA) is 82.1 Å². The number of aliphatic hydroxyl groups excluding tert-OH is 1. The Kier molecular flexibility index (Phi) is 4.15. The van der Waals surface area contributed by atoms with Gasteiger partial charge in [0.1, 0.15) is 0 Å². The van der Waals surface area contributed by atoms with Crippen molar-refractivity contribution in [3.8, 4) is 0 Å². The molecule has 0 saturated carbocycles. The van der Waals surface area contributed by atoms with Crippen LogP contribution in [0.5, 0.6) is 0 Å². The first-order valence-corrected chi connectivity index (χ1v) is 6.17. The van der Waals surface area contributed by atoms with Crippen molar-refractivity contribution >= 4 is 11.9 Å². The van der Waals surface area contributed by atoms with Gasteiger partial charge >= 0.3 is 6.03 Å². The molecule has 7 heteroatoms. The van der Waals surface area contributed by atoms with E-state index in [1.54, 1.807) is 0 Å². The lowest BCUT2D eigenvalue weighted by Crippen LogP contribution is -2.51. The van der Waals surface area contributed by atoms with Gasteiger partial charge in [-0.2, -0.15) is 0 Å². The maximum Gasteiger partial charge on any atom is 0.324 e. The van der Waals surface area contributed by atoms with Gasteiger partial charge in [-0.25, -0.2) is 4.79 Å². The number of carbonyl (C=O) groups excluding carboxylic acids is 2. The van der Waals surface area contributed by atoms with Crippen molar-refractivity contribution in [2.45, 2.75) is 19.1 Å². The maximum atomic E-state index is 11.9. The first kappa shape index (κ1) is 13.3. The summed E-state index contributed by atoms with van der Waals surface area (Å²) in [5, 5.41) is 11.7. The first-order valence-electron chi connectivity index (χ1n) is 6.17. The van der Waals surface area contributed by atoms with E-state index in [1.165, 1.54) is 4.90 Å². The molecule has 18 heavy (non-hydrogen) atoms. The third-order valence-corrected chi connectivity index (χ3v) is 3.12. The molecule has 0 aromatic carbocycles. The minimum Gasteiger partial charge on any atom is -0.394 e. The average Bonchev–Trinajstić information content (AvgIpc) is 2.74. The van der Waals surface area contributed by atoms with Gasteiger partial charge in [0.2, 0.25) is 5.91 Å². The normalized spacial score (nSPS) is 29.4. The van der Waals surface area contributed by atoms with E-state index in [4.69, 9.17) is 9.84 Å². The molecular formula is C11H19N3O4. The molecule has 0 aliphatic carbocycles. The van der Waals surface area contributed by atoms with Crippen LogP contribution < -0.4 is 5.32 Å². The van der Waals surface area contributed by atoms with Crippen molar-refractivity contribution in [3.63, 3.8) is 0 Å². The Balaban J connectivity index is 1.88.